The van der Waals surface area contributed by atoms with E-state index in [4.69, 9.17) is 23.2 Å². The third kappa shape index (κ3) is 3.37. The predicted molar refractivity (Wildman–Crippen MR) is 120 cm³/mol. The average molecular weight is 449 g/mol. The molecule has 0 unspecified atom stereocenters. The van der Waals surface area contributed by atoms with E-state index in [1.807, 2.05) is 32.9 Å². The molecular formula is C22H23Cl2FN4O. The molecule has 1 fully saturated rings. The number of fused-ring (bicyclic) bond motifs is 1. The number of hydrogen-bond acceptors (Lipinski definition) is 4. The van der Waals surface area contributed by atoms with E-state index in [-0.39, 0.29) is 16.6 Å². The minimum absolute atomic E-state index is 0.00449. The minimum Gasteiger partial charge on any atom is -0.374 e. The summed E-state index contributed by atoms with van der Waals surface area (Å²) in [6.45, 7) is 6.93. The Bertz CT molecular complexity index is 1190. The van der Waals surface area contributed by atoms with E-state index < -0.39 is 11.4 Å². The van der Waals surface area contributed by atoms with Crippen LogP contribution in [0.4, 0.5) is 10.1 Å². The van der Waals surface area contributed by atoms with Crippen LogP contribution in [0.25, 0.3) is 10.9 Å². The van der Waals surface area contributed by atoms with Crippen molar-refractivity contribution in [2.24, 2.45) is 0 Å². The van der Waals surface area contributed by atoms with Gasteiger partial charge in [-0.3, -0.25) is 9.36 Å². The highest BCUT2D eigenvalue weighted by Crippen LogP contribution is 2.41. The summed E-state index contributed by atoms with van der Waals surface area (Å²) in [4.78, 5) is 17.5. The Kier molecular flexibility index (Phi) is 5.51. The second kappa shape index (κ2) is 7.84. The largest absolute Gasteiger partial charge is 0.374 e. The zero-order chi connectivity index (χ0) is 21.6. The van der Waals surface area contributed by atoms with Crippen LogP contribution in [0.3, 0.4) is 0 Å². The van der Waals surface area contributed by atoms with Gasteiger partial charge in [0.2, 0.25) is 0 Å². The highest BCUT2D eigenvalue weighted by Gasteiger charge is 2.40. The monoisotopic (exact) mass is 448 g/mol. The highest BCUT2D eigenvalue weighted by molar-refractivity contribution is 6.42. The average Bonchev–Trinajstić information content (AvgIpc) is 3.16. The van der Waals surface area contributed by atoms with Gasteiger partial charge in [0.15, 0.2) is 0 Å². The van der Waals surface area contributed by atoms with Crippen molar-refractivity contribution < 1.29 is 4.39 Å². The summed E-state index contributed by atoms with van der Waals surface area (Å²) in [6, 6.07) is 6.47. The van der Waals surface area contributed by atoms with Gasteiger partial charge in [-0.2, -0.15) is 0 Å². The number of hydrogen-bond donors (Lipinski definition) is 2. The molecule has 2 aromatic carbocycles. The Balaban J connectivity index is 1.88. The van der Waals surface area contributed by atoms with Gasteiger partial charge in [-0.25, -0.2) is 9.37 Å². The summed E-state index contributed by atoms with van der Waals surface area (Å²) >= 11 is 12.7. The van der Waals surface area contributed by atoms with E-state index in [0.29, 0.717) is 41.0 Å². The fourth-order valence-corrected chi connectivity index (χ4v) is 4.67. The Morgan fingerprint density at radius 3 is 2.70 bits per heavy atom. The fourth-order valence-electron chi connectivity index (χ4n) is 4.18. The van der Waals surface area contributed by atoms with Crippen LogP contribution < -0.4 is 16.2 Å². The molecule has 1 aliphatic heterocycles. The summed E-state index contributed by atoms with van der Waals surface area (Å²) in [5, 5.41) is 7.84. The van der Waals surface area contributed by atoms with Crippen molar-refractivity contribution in [3.05, 3.63) is 67.9 Å². The number of aromatic nitrogens is 2. The molecule has 4 rings (SSSR count). The normalized spacial score (nSPS) is 19.0. The number of nitrogens with one attached hydrogen (secondary N) is 2. The van der Waals surface area contributed by atoms with Crippen molar-refractivity contribution in [1.29, 1.82) is 0 Å². The second-order valence-corrected chi connectivity index (χ2v) is 8.82. The lowest BCUT2D eigenvalue weighted by molar-refractivity contribution is 0.495. The molecule has 30 heavy (non-hydrogen) atoms. The molecule has 5 nitrogen and oxygen atoms in total. The van der Waals surface area contributed by atoms with Crippen LogP contribution in [0, 0.1) is 12.7 Å². The van der Waals surface area contributed by atoms with E-state index >= 15 is 0 Å². The van der Waals surface area contributed by atoms with Crippen LogP contribution in [-0.2, 0) is 5.54 Å². The number of benzene rings is 2. The lowest BCUT2D eigenvalue weighted by Gasteiger charge is -2.33. The maximum atomic E-state index is 14.9. The van der Waals surface area contributed by atoms with Gasteiger partial charge in [-0.05, 0) is 63.6 Å². The first kappa shape index (κ1) is 21.1. The molecule has 3 aromatic rings. The van der Waals surface area contributed by atoms with Gasteiger partial charge in [0, 0.05) is 23.8 Å². The molecule has 158 valence electrons. The highest BCUT2D eigenvalue weighted by atomic mass is 35.5. The molecule has 0 saturated carbocycles. The summed E-state index contributed by atoms with van der Waals surface area (Å²) in [5.41, 5.74) is 1.59. The predicted octanol–water partition coefficient (Wildman–Crippen LogP) is 5.03. The van der Waals surface area contributed by atoms with E-state index in [2.05, 4.69) is 15.6 Å². The first-order chi connectivity index (χ1) is 14.2. The topological polar surface area (TPSA) is 59.0 Å². The molecule has 1 aliphatic rings. The molecule has 1 atom stereocenters. The maximum absolute atomic E-state index is 14.9. The zero-order valence-corrected chi connectivity index (χ0v) is 18.5. The molecule has 1 saturated heterocycles. The third-order valence-corrected chi connectivity index (χ3v) is 6.63. The standard InChI is InChI=1S/C22H23Cl2FN4O/c1-12(2)29-11-27-17-7-6-16(13(3)18(17)21(29)30)28-22(8-9-26-10-22)19-15(25)5-4-14(23)20(19)24/h4-7,11-12,26,28H,8-10H2,1-3H3/t22-/m0/s1. The van der Waals surface area contributed by atoms with Gasteiger partial charge in [-0.15, -0.1) is 0 Å². The lowest BCUT2D eigenvalue weighted by Crippen LogP contribution is -2.39. The van der Waals surface area contributed by atoms with Crippen molar-refractivity contribution in [1.82, 2.24) is 14.9 Å². The number of halogens is 3. The summed E-state index contributed by atoms with van der Waals surface area (Å²) in [6.07, 6.45) is 2.19. The Hall–Kier alpha value is -2.15. The first-order valence-corrected chi connectivity index (χ1v) is 10.6. The van der Waals surface area contributed by atoms with Crippen LogP contribution in [0.5, 0.6) is 0 Å². The van der Waals surface area contributed by atoms with Crippen LogP contribution >= 0.6 is 23.2 Å². The Morgan fingerprint density at radius 2 is 2.03 bits per heavy atom. The Morgan fingerprint density at radius 1 is 1.27 bits per heavy atom. The molecule has 1 aromatic heterocycles. The van der Waals surface area contributed by atoms with Crippen molar-refractivity contribution in [2.75, 3.05) is 18.4 Å². The zero-order valence-electron chi connectivity index (χ0n) is 17.0. The van der Waals surface area contributed by atoms with E-state index in [9.17, 15) is 9.18 Å². The van der Waals surface area contributed by atoms with E-state index in [0.717, 1.165) is 11.3 Å². The maximum Gasteiger partial charge on any atom is 0.261 e. The van der Waals surface area contributed by atoms with Crippen LogP contribution in [-0.4, -0.2) is 22.6 Å². The fraction of sp³-hybridized carbons (Fsp3) is 0.364. The third-order valence-electron chi connectivity index (χ3n) is 5.82. The number of nitrogens with zero attached hydrogens (tertiary/aromatic N) is 2. The molecule has 0 amide bonds. The van der Waals surface area contributed by atoms with E-state index in [1.54, 1.807) is 10.9 Å². The van der Waals surface area contributed by atoms with Gasteiger partial charge in [-0.1, -0.05) is 23.2 Å². The summed E-state index contributed by atoms with van der Waals surface area (Å²) < 4.78 is 16.5. The van der Waals surface area contributed by atoms with Crippen molar-refractivity contribution in [2.45, 2.75) is 38.8 Å². The smallest absolute Gasteiger partial charge is 0.261 e. The van der Waals surface area contributed by atoms with Crippen molar-refractivity contribution >= 4 is 39.8 Å². The van der Waals surface area contributed by atoms with Crippen LogP contribution in [0.2, 0.25) is 10.0 Å². The van der Waals surface area contributed by atoms with Gasteiger partial charge in [0.05, 0.1) is 32.8 Å². The van der Waals surface area contributed by atoms with Gasteiger partial charge in [0.25, 0.3) is 5.56 Å². The van der Waals surface area contributed by atoms with Gasteiger partial charge < -0.3 is 10.6 Å². The first-order valence-electron chi connectivity index (χ1n) is 9.88. The molecule has 0 bridgehead atoms. The molecule has 0 radical (unpaired) electrons. The SMILES string of the molecule is Cc1c(N[C@@]2(c3c(F)ccc(Cl)c3Cl)CCNC2)ccc2ncn(C(C)C)c(=O)c12. The molecule has 0 aliphatic carbocycles. The van der Waals surface area contributed by atoms with Crippen LogP contribution in [0.1, 0.15) is 37.4 Å². The number of rotatable bonds is 4. The number of aryl methyl sites for hydroxylation is 1. The molecule has 8 heteroatoms. The quantitative estimate of drug-likeness (QED) is 0.549. The van der Waals surface area contributed by atoms with Crippen molar-refractivity contribution in [3.8, 4) is 0 Å². The summed E-state index contributed by atoms with van der Waals surface area (Å²) in [7, 11) is 0. The molecule has 2 heterocycles. The van der Waals surface area contributed by atoms with Gasteiger partial charge >= 0.3 is 0 Å². The van der Waals surface area contributed by atoms with Crippen LogP contribution in [0.15, 0.2) is 35.4 Å². The number of anilines is 1. The Labute approximate surface area is 184 Å². The second-order valence-electron chi connectivity index (χ2n) is 8.04. The molecular weight excluding hydrogens is 426 g/mol. The van der Waals surface area contributed by atoms with Gasteiger partial charge in [0.1, 0.15) is 5.82 Å². The minimum atomic E-state index is -0.788. The van der Waals surface area contributed by atoms with E-state index in [1.165, 1.54) is 12.1 Å². The van der Waals surface area contributed by atoms with Crippen molar-refractivity contribution in [3.63, 3.8) is 0 Å². The summed E-state index contributed by atoms with van der Waals surface area (Å²) in [5.74, 6) is -0.414. The lowest BCUT2D eigenvalue weighted by atomic mass is 9.87. The molecule has 0 spiro atoms. The molecule has 2 N–H and O–H groups in total.